The first kappa shape index (κ1) is 22.4. The van der Waals surface area contributed by atoms with E-state index in [2.05, 4.69) is 9.80 Å². The van der Waals surface area contributed by atoms with Crippen molar-refractivity contribution in [2.45, 2.75) is 32.0 Å². The number of benzene rings is 2. The number of hydrogen-bond acceptors (Lipinski definition) is 5. The van der Waals surface area contributed by atoms with Crippen LogP contribution in [0.15, 0.2) is 48.5 Å². The average Bonchev–Trinajstić information content (AvgIpc) is 3.04. The summed E-state index contributed by atoms with van der Waals surface area (Å²) in [5, 5.41) is 0. The molecule has 170 valence electrons. The number of fused-ring (bicyclic) bond motifs is 1. The lowest BCUT2D eigenvalue weighted by molar-refractivity contribution is -0.154. The second kappa shape index (κ2) is 10.2. The minimum absolute atomic E-state index is 0.0399. The molecule has 2 aliphatic rings. The molecule has 0 saturated carbocycles. The molecule has 1 saturated heterocycles. The molecular weight excluding hydrogens is 409 g/mol. The molecule has 32 heavy (non-hydrogen) atoms. The highest BCUT2D eigenvalue weighted by atomic mass is 19.1. The van der Waals surface area contributed by atoms with Crippen molar-refractivity contribution >= 4 is 11.9 Å². The maximum atomic E-state index is 13.3. The number of carbonyl (C=O) groups is 2. The highest BCUT2D eigenvalue weighted by Crippen LogP contribution is 2.24. The number of rotatable bonds is 5. The van der Waals surface area contributed by atoms with Crippen molar-refractivity contribution in [3.63, 3.8) is 0 Å². The molecule has 1 atom stereocenters. The Morgan fingerprint density at radius 3 is 2.41 bits per heavy atom. The molecule has 2 aromatic carbocycles. The van der Waals surface area contributed by atoms with Crippen molar-refractivity contribution in [1.82, 2.24) is 14.7 Å². The predicted molar refractivity (Wildman–Crippen MR) is 119 cm³/mol. The quantitative estimate of drug-likeness (QED) is 0.670. The minimum Gasteiger partial charge on any atom is -0.467 e. The Bertz CT molecular complexity index is 950. The van der Waals surface area contributed by atoms with Gasteiger partial charge in [-0.15, -0.1) is 0 Å². The van der Waals surface area contributed by atoms with Gasteiger partial charge in [0.15, 0.2) is 0 Å². The zero-order chi connectivity index (χ0) is 22.5. The van der Waals surface area contributed by atoms with E-state index in [0.717, 1.165) is 55.8 Å². The van der Waals surface area contributed by atoms with Gasteiger partial charge in [-0.05, 0) is 48.3 Å². The summed E-state index contributed by atoms with van der Waals surface area (Å²) in [6.45, 7) is 4.88. The lowest BCUT2D eigenvalue weighted by Gasteiger charge is -2.36. The van der Waals surface area contributed by atoms with Crippen molar-refractivity contribution in [2.75, 3.05) is 39.8 Å². The largest absolute Gasteiger partial charge is 0.467 e. The molecule has 0 aliphatic carbocycles. The van der Waals surface area contributed by atoms with Gasteiger partial charge >= 0.3 is 5.97 Å². The second-order valence-electron chi connectivity index (χ2n) is 8.57. The number of nitrogens with zero attached hydrogens (tertiary/aromatic N) is 3. The summed E-state index contributed by atoms with van der Waals surface area (Å²) in [4.78, 5) is 31.9. The third kappa shape index (κ3) is 5.34. The monoisotopic (exact) mass is 439 g/mol. The van der Waals surface area contributed by atoms with E-state index in [-0.39, 0.29) is 17.7 Å². The van der Waals surface area contributed by atoms with Crippen LogP contribution in [0.25, 0.3) is 0 Å². The number of esters is 1. The van der Waals surface area contributed by atoms with E-state index in [0.29, 0.717) is 19.5 Å². The van der Waals surface area contributed by atoms with Crippen molar-refractivity contribution < 1.29 is 18.7 Å². The van der Waals surface area contributed by atoms with Crippen LogP contribution in [0.3, 0.4) is 0 Å². The number of carbonyl (C=O) groups excluding carboxylic acids is 2. The summed E-state index contributed by atoms with van der Waals surface area (Å²) >= 11 is 0. The van der Waals surface area contributed by atoms with Gasteiger partial charge in [0.2, 0.25) is 5.91 Å². The standard InChI is InChI=1S/C25H30FN3O3/c1-32-25(31)23-15-20-5-2-3-6-21(20)17-29(23)24(30)18-28-12-4-11-27(13-14-28)16-19-7-9-22(26)10-8-19/h2-3,5-10,23H,4,11-18H2,1H3. The van der Waals surface area contributed by atoms with Gasteiger partial charge < -0.3 is 9.64 Å². The number of amides is 1. The van der Waals surface area contributed by atoms with Crippen molar-refractivity contribution in [3.05, 3.63) is 71.0 Å². The fourth-order valence-electron chi connectivity index (χ4n) is 4.60. The molecule has 0 radical (unpaired) electrons. The Balaban J connectivity index is 1.37. The third-order valence-corrected chi connectivity index (χ3v) is 6.40. The van der Waals surface area contributed by atoms with Crippen LogP contribution in [0.1, 0.15) is 23.1 Å². The third-order valence-electron chi connectivity index (χ3n) is 6.40. The Hall–Kier alpha value is -2.77. The number of hydrogen-bond donors (Lipinski definition) is 0. The molecule has 2 aromatic rings. The smallest absolute Gasteiger partial charge is 0.328 e. The van der Waals surface area contributed by atoms with E-state index in [1.54, 1.807) is 4.90 Å². The van der Waals surface area contributed by atoms with Gasteiger partial charge in [-0.2, -0.15) is 0 Å². The van der Waals surface area contributed by atoms with E-state index in [1.165, 1.54) is 19.2 Å². The fourth-order valence-corrected chi connectivity index (χ4v) is 4.60. The zero-order valence-electron chi connectivity index (χ0n) is 18.5. The molecule has 6 nitrogen and oxygen atoms in total. The second-order valence-corrected chi connectivity index (χ2v) is 8.57. The average molecular weight is 440 g/mol. The molecular formula is C25H30FN3O3. The maximum absolute atomic E-state index is 13.3. The van der Waals surface area contributed by atoms with Crippen LogP contribution >= 0.6 is 0 Å². The summed E-state index contributed by atoms with van der Waals surface area (Å²) < 4.78 is 18.2. The van der Waals surface area contributed by atoms with Gasteiger partial charge in [0, 0.05) is 32.6 Å². The Kier molecular flexibility index (Phi) is 7.17. The minimum atomic E-state index is -0.579. The van der Waals surface area contributed by atoms with Crippen molar-refractivity contribution in [1.29, 1.82) is 0 Å². The molecule has 2 heterocycles. The molecule has 4 rings (SSSR count). The zero-order valence-corrected chi connectivity index (χ0v) is 18.5. The van der Waals surface area contributed by atoms with Crippen molar-refractivity contribution in [2.24, 2.45) is 0 Å². The number of halogens is 1. The van der Waals surface area contributed by atoms with Crippen LogP contribution in [-0.2, 0) is 33.8 Å². The first-order valence-corrected chi connectivity index (χ1v) is 11.2. The highest BCUT2D eigenvalue weighted by Gasteiger charge is 2.35. The van der Waals surface area contributed by atoms with Gasteiger partial charge in [0.25, 0.3) is 0 Å². The molecule has 0 N–H and O–H groups in total. The molecule has 0 bridgehead atoms. The van der Waals surface area contributed by atoms with E-state index in [4.69, 9.17) is 4.74 Å². The van der Waals surface area contributed by atoms with Crippen LogP contribution in [-0.4, -0.2) is 72.5 Å². The SMILES string of the molecule is COC(=O)C1Cc2ccccc2CN1C(=O)CN1CCCN(Cc2ccc(F)cc2)CC1. The summed E-state index contributed by atoms with van der Waals surface area (Å²) in [5.74, 6) is -0.629. The Labute approximate surface area is 188 Å². The highest BCUT2D eigenvalue weighted by molar-refractivity contribution is 5.86. The van der Waals surface area contributed by atoms with Crippen LogP contribution in [0.4, 0.5) is 4.39 Å². The summed E-state index contributed by atoms with van der Waals surface area (Å²) in [6, 6.07) is 14.0. The Morgan fingerprint density at radius 1 is 0.969 bits per heavy atom. The maximum Gasteiger partial charge on any atom is 0.328 e. The van der Waals surface area contributed by atoms with Gasteiger partial charge in [-0.25, -0.2) is 9.18 Å². The lowest BCUT2D eigenvalue weighted by Crippen LogP contribution is -2.52. The number of methoxy groups -OCH3 is 1. The topological polar surface area (TPSA) is 53.1 Å². The molecule has 0 aromatic heterocycles. The molecule has 1 fully saturated rings. The van der Waals surface area contributed by atoms with Crippen LogP contribution in [0.2, 0.25) is 0 Å². The van der Waals surface area contributed by atoms with Crippen molar-refractivity contribution in [3.8, 4) is 0 Å². The molecule has 0 spiro atoms. The van der Waals surface area contributed by atoms with E-state index < -0.39 is 6.04 Å². The first-order chi connectivity index (χ1) is 15.5. The summed E-state index contributed by atoms with van der Waals surface area (Å²) in [5.41, 5.74) is 3.27. The molecule has 1 amide bonds. The summed E-state index contributed by atoms with van der Waals surface area (Å²) in [7, 11) is 1.37. The van der Waals surface area contributed by atoms with Crippen LogP contribution in [0, 0.1) is 5.82 Å². The van der Waals surface area contributed by atoms with Crippen LogP contribution in [0.5, 0.6) is 0 Å². The van der Waals surface area contributed by atoms with Crippen LogP contribution < -0.4 is 0 Å². The van der Waals surface area contributed by atoms with E-state index >= 15 is 0 Å². The van der Waals surface area contributed by atoms with Gasteiger partial charge in [-0.3, -0.25) is 14.6 Å². The lowest BCUT2D eigenvalue weighted by atomic mass is 9.94. The molecule has 7 heteroatoms. The molecule has 1 unspecified atom stereocenters. The number of ether oxygens (including phenoxy) is 1. The van der Waals surface area contributed by atoms with Gasteiger partial charge in [0.1, 0.15) is 11.9 Å². The van der Waals surface area contributed by atoms with Gasteiger partial charge in [-0.1, -0.05) is 36.4 Å². The van der Waals surface area contributed by atoms with E-state index in [1.807, 2.05) is 36.4 Å². The normalized spacial score (nSPS) is 19.8. The fraction of sp³-hybridized carbons (Fsp3) is 0.440. The Morgan fingerprint density at radius 2 is 1.66 bits per heavy atom. The predicted octanol–water partition coefficient (Wildman–Crippen LogP) is 2.46. The first-order valence-electron chi connectivity index (χ1n) is 11.2. The van der Waals surface area contributed by atoms with E-state index in [9.17, 15) is 14.0 Å². The summed E-state index contributed by atoms with van der Waals surface area (Å²) in [6.07, 6.45) is 1.44. The van der Waals surface area contributed by atoms with Gasteiger partial charge in [0.05, 0.1) is 13.7 Å². The molecule has 2 aliphatic heterocycles.